The van der Waals surface area contributed by atoms with Crippen molar-refractivity contribution in [1.29, 1.82) is 0 Å². The zero-order valence-electron chi connectivity index (χ0n) is 14.0. The summed E-state index contributed by atoms with van der Waals surface area (Å²) >= 11 is 0. The first-order chi connectivity index (χ1) is 10.8. The summed E-state index contributed by atoms with van der Waals surface area (Å²) in [6.07, 6.45) is -0.0122. The van der Waals surface area contributed by atoms with E-state index in [0.29, 0.717) is 23.4 Å². The molecule has 0 heterocycles. The van der Waals surface area contributed by atoms with E-state index in [2.05, 4.69) is 16.0 Å². The fraction of sp³-hybridized carbons (Fsp3) is 0.500. The van der Waals surface area contributed by atoms with E-state index in [0.717, 1.165) is 0 Å². The van der Waals surface area contributed by atoms with Gasteiger partial charge in [0.15, 0.2) is 0 Å². The summed E-state index contributed by atoms with van der Waals surface area (Å²) in [5.74, 6) is 0. The smallest absolute Gasteiger partial charge is 0.411 e. The molecule has 1 rings (SSSR count). The third-order valence-corrected chi connectivity index (χ3v) is 3.49. The van der Waals surface area contributed by atoms with Crippen LogP contribution in [0.3, 0.4) is 0 Å². The van der Waals surface area contributed by atoms with E-state index in [1.807, 2.05) is 6.92 Å². The minimum absolute atomic E-state index is 0.148. The van der Waals surface area contributed by atoms with Gasteiger partial charge in [0.25, 0.3) is 0 Å². The second-order valence-corrected chi connectivity index (χ2v) is 5.48. The average Bonchev–Trinajstić information content (AvgIpc) is 2.50. The molecule has 128 valence electrons. The molecule has 0 aromatic heterocycles. The van der Waals surface area contributed by atoms with E-state index < -0.39 is 17.7 Å². The number of benzene rings is 1. The van der Waals surface area contributed by atoms with Gasteiger partial charge in [-0.25, -0.2) is 9.59 Å². The summed E-state index contributed by atoms with van der Waals surface area (Å²) in [4.78, 5) is 23.4. The molecule has 1 aromatic rings. The Balaban J connectivity index is 2.70. The normalized spacial score (nSPS) is 12.9. The molecule has 0 bridgehead atoms. The number of hydrogen-bond donors (Lipinski definition) is 4. The first-order valence-corrected chi connectivity index (χ1v) is 7.59. The zero-order chi connectivity index (χ0) is 17.5. The minimum atomic E-state index is -0.945. The molecule has 0 aliphatic heterocycles. The first kappa shape index (κ1) is 18.8. The summed E-state index contributed by atoms with van der Waals surface area (Å²) in [7, 11) is 0. The van der Waals surface area contributed by atoms with Crippen molar-refractivity contribution < 1.29 is 19.4 Å². The molecule has 1 aromatic carbocycles. The van der Waals surface area contributed by atoms with Crippen LogP contribution in [-0.2, 0) is 4.74 Å². The number of ether oxygens (including phenoxy) is 1. The SMILES string of the molecule is CCOC(=O)Nc1cccc(NC(=O)NC[C@](C)(O)CC)c1C. The molecule has 0 saturated carbocycles. The van der Waals surface area contributed by atoms with Gasteiger partial charge in [-0.15, -0.1) is 0 Å². The number of carbonyl (C=O) groups is 2. The van der Waals surface area contributed by atoms with Gasteiger partial charge >= 0.3 is 12.1 Å². The summed E-state index contributed by atoms with van der Waals surface area (Å²) in [6, 6.07) is 4.74. The second kappa shape index (κ2) is 8.38. The Labute approximate surface area is 136 Å². The van der Waals surface area contributed by atoms with E-state index in [9.17, 15) is 14.7 Å². The predicted molar refractivity (Wildman–Crippen MR) is 89.8 cm³/mol. The van der Waals surface area contributed by atoms with E-state index in [4.69, 9.17) is 4.74 Å². The lowest BCUT2D eigenvalue weighted by atomic mass is 10.0. The van der Waals surface area contributed by atoms with Crippen LogP contribution in [0.15, 0.2) is 18.2 Å². The van der Waals surface area contributed by atoms with Crippen LogP contribution in [0, 0.1) is 6.92 Å². The maximum absolute atomic E-state index is 11.9. The molecule has 0 saturated heterocycles. The van der Waals surface area contributed by atoms with E-state index >= 15 is 0 Å². The van der Waals surface area contributed by atoms with Crippen LogP contribution >= 0.6 is 0 Å². The molecule has 0 aliphatic carbocycles. The Hall–Kier alpha value is -2.28. The second-order valence-electron chi connectivity index (χ2n) is 5.48. The lowest BCUT2D eigenvalue weighted by Crippen LogP contribution is -2.41. The third kappa shape index (κ3) is 6.15. The Morgan fingerprint density at radius 1 is 1.22 bits per heavy atom. The lowest BCUT2D eigenvalue weighted by Gasteiger charge is -2.22. The Bertz CT molecular complexity index is 558. The number of rotatable bonds is 6. The summed E-state index contributed by atoms with van der Waals surface area (Å²) in [5.41, 5.74) is 0.882. The summed E-state index contributed by atoms with van der Waals surface area (Å²) in [6.45, 7) is 7.42. The van der Waals surface area contributed by atoms with Crippen LogP contribution in [0.4, 0.5) is 21.0 Å². The average molecular weight is 323 g/mol. The van der Waals surface area contributed by atoms with Crippen molar-refractivity contribution in [3.63, 3.8) is 0 Å². The van der Waals surface area contributed by atoms with Crippen molar-refractivity contribution in [3.8, 4) is 0 Å². The third-order valence-electron chi connectivity index (χ3n) is 3.49. The van der Waals surface area contributed by atoms with Crippen LogP contribution in [0.25, 0.3) is 0 Å². The van der Waals surface area contributed by atoms with Crippen LogP contribution in [0.2, 0.25) is 0 Å². The topological polar surface area (TPSA) is 99.7 Å². The molecule has 0 unspecified atom stereocenters. The Morgan fingerprint density at radius 3 is 2.39 bits per heavy atom. The van der Waals surface area contributed by atoms with Gasteiger partial charge in [0.1, 0.15) is 0 Å². The molecule has 0 radical (unpaired) electrons. The van der Waals surface area contributed by atoms with Crippen molar-refractivity contribution in [2.45, 2.75) is 39.7 Å². The van der Waals surface area contributed by atoms with Crippen molar-refractivity contribution in [3.05, 3.63) is 23.8 Å². The summed E-state index contributed by atoms with van der Waals surface area (Å²) < 4.78 is 4.83. The van der Waals surface area contributed by atoms with Gasteiger partial charge in [-0.2, -0.15) is 0 Å². The first-order valence-electron chi connectivity index (χ1n) is 7.59. The Morgan fingerprint density at radius 2 is 1.83 bits per heavy atom. The number of amides is 3. The van der Waals surface area contributed by atoms with E-state index in [1.165, 1.54) is 0 Å². The van der Waals surface area contributed by atoms with Gasteiger partial charge in [0.2, 0.25) is 0 Å². The number of nitrogens with one attached hydrogen (secondary N) is 3. The quantitative estimate of drug-likeness (QED) is 0.647. The molecule has 0 aliphatic rings. The molecule has 4 N–H and O–H groups in total. The summed E-state index contributed by atoms with van der Waals surface area (Å²) in [5, 5.41) is 17.8. The maximum atomic E-state index is 11.9. The molecule has 0 fully saturated rings. The molecular formula is C16H25N3O4. The van der Waals surface area contributed by atoms with Crippen LogP contribution in [-0.4, -0.2) is 36.0 Å². The standard InChI is InChI=1S/C16H25N3O4/c1-5-16(4,22)10-17-14(20)18-12-8-7-9-13(11(12)3)19-15(21)23-6-2/h7-9,22H,5-6,10H2,1-4H3,(H,19,21)(H2,17,18,20)/t16-/m1/s1. The molecule has 0 spiro atoms. The molecule has 23 heavy (non-hydrogen) atoms. The number of aliphatic hydroxyl groups is 1. The molecule has 7 nitrogen and oxygen atoms in total. The van der Waals surface area contributed by atoms with Gasteiger partial charge in [-0.1, -0.05) is 13.0 Å². The van der Waals surface area contributed by atoms with Crippen molar-refractivity contribution in [2.24, 2.45) is 0 Å². The fourth-order valence-electron chi connectivity index (χ4n) is 1.75. The van der Waals surface area contributed by atoms with E-state index in [-0.39, 0.29) is 13.2 Å². The van der Waals surface area contributed by atoms with Crippen LogP contribution < -0.4 is 16.0 Å². The highest BCUT2D eigenvalue weighted by Crippen LogP contribution is 2.23. The molecular weight excluding hydrogens is 298 g/mol. The minimum Gasteiger partial charge on any atom is -0.450 e. The van der Waals surface area contributed by atoms with Gasteiger partial charge in [-0.3, -0.25) is 5.32 Å². The van der Waals surface area contributed by atoms with Gasteiger partial charge in [-0.05, 0) is 44.9 Å². The number of urea groups is 1. The molecule has 1 atom stereocenters. The number of anilines is 2. The van der Waals surface area contributed by atoms with Gasteiger partial charge < -0.3 is 20.5 Å². The zero-order valence-corrected chi connectivity index (χ0v) is 14.0. The predicted octanol–water partition coefficient (Wildman–Crippen LogP) is 2.85. The number of hydrogen-bond acceptors (Lipinski definition) is 4. The van der Waals surface area contributed by atoms with Crippen molar-refractivity contribution in [2.75, 3.05) is 23.8 Å². The molecule has 3 amide bonds. The molecule has 7 heteroatoms. The van der Waals surface area contributed by atoms with Gasteiger partial charge in [0, 0.05) is 17.9 Å². The monoisotopic (exact) mass is 323 g/mol. The maximum Gasteiger partial charge on any atom is 0.411 e. The highest BCUT2D eigenvalue weighted by molar-refractivity contribution is 5.93. The van der Waals surface area contributed by atoms with Crippen LogP contribution in [0.5, 0.6) is 0 Å². The van der Waals surface area contributed by atoms with Gasteiger partial charge in [0.05, 0.1) is 12.2 Å². The van der Waals surface area contributed by atoms with Crippen molar-refractivity contribution >= 4 is 23.5 Å². The fourth-order valence-corrected chi connectivity index (χ4v) is 1.75. The van der Waals surface area contributed by atoms with Crippen LogP contribution in [0.1, 0.15) is 32.8 Å². The highest BCUT2D eigenvalue weighted by atomic mass is 16.5. The number of carbonyl (C=O) groups excluding carboxylic acids is 2. The Kier molecular flexibility index (Phi) is 6.84. The largest absolute Gasteiger partial charge is 0.450 e. The lowest BCUT2D eigenvalue weighted by molar-refractivity contribution is 0.0587. The van der Waals surface area contributed by atoms with E-state index in [1.54, 1.807) is 39.0 Å². The highest BCUT2D eigenvalue weighted by Gasteiger charge is 2.18. The van der Waals surface area contributed by atoms with Crippen molar-refractivity contribution in [1.82, 2.24) is 5.32 Å².